The summed E-state index contributed by atoms with van der Waals surface area (Å²) in [5.74, 6) is -0.0400. The van der Waals surface area contributed by atoms with Gasteiger partial charge in [0.15, 0.2) is 6.61 Å². The maximum absolute atomic E-state index is 13.1. The van der Waals surface area contributed by atoms with Gasteiger partial charge < -0.3 is 14.5 Å². The van der Waals surface area contributed by atoms with Crippen molar-refractivity contribution in [3.05, 3.63) is 83.6 Å². The zero-order chi connectivity index (χ0) is 24.1. The van der Waals surface area contributed by atoms with Gasteiger partial charge in [0.25, 0.3) is 15.9 Å². The van der Waals surface area contributed by atoms with Crippen LogP contribution in [0.5, 0.6) is 5.75 Å². The lowest BCUT2D eigenvalue weighted by atomic mass is 10.2. The van der Waals surface area contributed by atoms with E-state index in [0.717, 1.165) is 5.69 Å². The van der Waals surface area contributed by atoms with Gasteiger partial charge in [0, 0.05) is 42.6 Å². The number of hydrogen-bond acceptors (Lipinski definition) is 5. The van der Waals surface area contributed by atoms with Gasteiger partial charge in [0.2, 0.25) is 0 Å². The molecule has 0 radical (unpaired) electrons. The van der Waals surface area contributed by atoms with E-state index in [1.54, 1.807) is 41.3 Å². The van der Waals surface area contributed by atoms with Crippen LogP contribution in [0.1, 0.15) is 0 Å². The number of amides is 1. The second-order valence-corrected chi connectivity index (χ2v) is 9.84. The van der Waals surface area contributed by atoms with Crippen molar-refractivity contribution in [2.24, 2.45) is 0 Å². The molecular weight excluding hydrogens is 481 g/mol. The molecule has 34 heavy (non-hydrogen) atoms. The average molecular weight is 504 g/mol. The molecule has 0 saturated carbocycles. The summed E-state index contributed by atoms with van der Waals surface area (Å²) in [6, 6.07) is 18.5. The van der Waals surface area contributed by atoms with Gasteiger partial charge in [-0.15, -0.1) is 0 Å². The maximum atomic E-state index is 13.1. The van der Waals surface area contributed by atoms with Gasteiger partial charge in [-0.25, -0.2) is 12.8 Å². The molecule has 1 heterocycles. The topological polar surface area (TPSA) is 78.9 Å². The first-order valence-corrected chi connectivity index (χ1v) is 12.5. The fourth-order valence-electron chi connectivity index (χ4n) is 3.55. The predicted molar refractivity (Wildman–Crippen MR) is 129 cm³/mol. The number of ether oxygens (including phenoxy) is 1. The van der Waals surface area contributed by atoms with E-state index >= 15 is 0 Å². The highest BCUT2D eigenvalue weighted by molar-refractivity contribution is 7.92. The molecule has 178 valence electrons. The molecule has 0 spiro atoms. The molecule has 0 aromatic heterocycles. The smallest absolute Gasteiger partial charge is 0.261 e. The summed E-state index contributed by atoms with van der Waals surface area (Å²) < 4.78 is 46.3. The van der Waals surface area contributed by atoms with Crippen LogP contribution in [-0.4, -0.2) is 52.0 Å². The van der Waals surface area contributed by atoms with Crippen molar-refractivity contribution in [2.45, 2.75) is 4.90 Å². The van der Waals surface area contributed by atoms with Crippen LogP contribution in [0.15, 0.2) is 77.7 Å². The van der Waals surface area contributed by atoms with Gasteiger partial charge in [-0.3, -0.25) is 9.52 Å². The van der Waals surface area contributed by atoms with E-state index in [-0.39, 0.29) is 23.2 Å². The molecule has 7 nitrogen and oxygen atoms in total. The van der Waals surface area contributed by atoms with Gasteiger partial charge in [-0.05, 0) is 72.8 Å². The normalized spacial score (nSPS) is 14.1. The summed E-state index contributed by atoms with van der Waals surface area (Å²) in [7, 11) is -3.77. The number of piperazine rings is 1. The number of anilines is 2. The van der Waals surface area contributed by atoms with Crippen LogP contribution < -0.4 is 14.4 Å². The molecule has 0 unspecified atom stereocenters. The van der Waals surface area contributed by atoms with E-state index in [0.29, 0.717) is 42.6 Å². The fraction of sp³-hybridized carbons (Fsp3) is 0.208. The lowest BCUT2D eigenvalue weighted by molar-refractivity contribution is -0.133. The number of benzene rings is 3. The van der Waals surface area contributed by atoms with Crippen molar-refractivity contribution >= 4 is 38.9 Å². The van der Waals surface area contributed by atoms with E-state index in [1.807, 2.05) is 0 Å². The SMILES string of the molecule is O=C(COc1ccc(S(=O)(=O)Nc2ccc(Cl)cc2)cc1)N1CCN(c2ccc(F)cc2)CC1. The lowest BCUT2D eigenvalue weighted by Gasteiger charge is -2.36. The Bertz CT molecular complexity index is 1230. The van der Waals surface area contributed by atoms with Crippen LogP contribution in [0.4, 0.5) is 15.8 Å². The molecule has 0 aliphatic carbocycles. The predicted octanol–water partition coefficient (Wildman–Crippen LogP) is 4.01. The Balaban J connectivity index is 1.27. The Morgan fingerprint density at radius 1 is 0.912 bits per heavy atom. The van der Waals surface area contributed by atoms with E-state index in [4.69, 9.17) is 16.3 Å². The maximum Gasteiger partial charge on any atom is 0.261 e. The Kier molecular flexibility index (Phi) is 7.23. The highest BCUT2D eigenvalue weighted by Crippen LogP contribution is 2.21. The molecule has 0 atom stereocenters. The summed E-state index contributed by atoms with van der Waals surface area (Å²) in [6.07, 6.45) is 0. The third kappa shape index (κ3) is 5.98. The third-order valence-corrected chi connectivity index (χ3v) is 7.07. The van der Waals surface area contributed by atoms with Gasteiger partial charge in [0.05, 0.1) is 4.90 Å². The first-order valence-electron chi connectivity index (χ1n) is 10.6. The molecule has 3 aromatic carbocycles. The summed E-state index contributed by atoms with van der Waals surface area (Å²) >= 11 is 5.82. The zero-order valence-corrected chi connectivity index (χ0v) is 19.7. The number of halogens is 2. The number of carbonyl (C=O) groups excluding carboxylic acids is 1. The first kappa shape index (κ1) is 23.8. The van der Waals surface area contributed by atoms with E-state index < -0.39 is 10.0 Å². The van der Waals surface area contributed by atoms with Crippen molar-refractivity contribution in [1.82, 2.24) is 4.90 Å². The Hall–Kier alpha value is -3.30. The standard InChI is InChI=1S/C24H23ClFN3O4S/c25-18-1-5-20(6-2-18)27-34(31,32)23-11-9-22(10-12-23)33-17-24(30)29-15-13-28(14-16-29)21-7-3-19(26)4-8-21/h1-12,27H,13-17H2. The number of hydrogen-bond donors (Lipinski definition) is 1. The molecule has 1 saturated heterocycles. The second kappa shape index (κ2) is 10.3. The van der Waals surface area contributed by atoms with Gasteiger partial charge in [-0.2, -0.15) is 0 Å². The zero-order valence-electron chi connectivity index (χ0n) is 18.2. The van der Waals surface area contributed by atoms with Gasteiger partial charge in [0.1, 0.15) is 11.6 Å². The molecule has 1 aliphatic rings. The molecule has 1 amide bonds. The minimum absolute atomic E-state index is 0.0676. The molecule has 0 bridgehead atoms. The number of nitrogens with one attached hydrogen (secondary N) is 1. The second-order valence-electron chi connectivity index (χ2n) is 7.72. The van der Waals surface area contributed by atoms with Crippen molar-refractivity contribution < 1.29 is 22.3 Å². The molecule has 1 fully saturated rings. The Labute approximate surface area is 202 Å². The van der Waals surface area contributed by atoms with E-state index in [1.165, 1.54) is 36.4 Å². The van der Waals surface area contributed by atoms with Crippen LogP contribution in [0, 0.1) is 5.82 Å². The van der Waals surface area contributed by atoms with Crippen LogP contribution in [-0.2, 0) is 14.8 Å². The molecule has 1 aliphatic heterocycles. The molecule has 10 heteroatoms. The van der Waals surface area contributed by atoms with Crippen molar-refractivity contribution in [3.8, 4) is 5.75 Å². The number of sulfonamides is 1. The van der Waals surface area contributed by atoms with E-state index in [9.17, 15) is 17.6 Å². The summed E-state index contributed by atoms with van der Waals surface area (Å²) in [5.41, 5.74) is 1.32. The summed E-state index contributed by atoms with van der Waals surface area (Å²) in [6.45, 7) is 2.21. The van der Waals surface area contributed by atoms with Crippen LogP contribution in [0.25, 0.3) is 0 Å². The quantitative estimate of drug-likeness (QED) is 0.527. The molecular formula is C24H23ClFN3O4S. The van der Waals surface area contributed by atoms with Gasteiger partial charge in [-0.1, -0.05) is 11.6 Å². The first-order chi connectivity index (χ1) is 16.3. The lowest BCUT2D eigenvalue weighted by Crippen LogP contribution is -2.50. The summed E-state index contributed by atoms with van der Waals surface area (Å²) in [4.78, 5) is 16.4. The monoisotopic (exact) mass is 503 g/mol. The van der Waals surface area contributed by atoms with Gasteiger partial charge >= 0.3 is 0 Å². The van der Waals surface area contributed by atoms with Crippen molar-refractivity contribution in [2.75, 3.05) is 42.4 Å². The number of nitrogens with zero attached hydrogens (tertiary/aromatic N) is 2. The minimum atomic E-state index is -3.77. The summed E-state index contributed by atoms with van der Waals surface area (Å²) in [5, 5.41) is 0.508. The Morgan fingerprint density at radius 3 is 2.15 bits per heavy atom. The van der Waals surface area contributed by atoms with Crippen molar-refractivity contribution in [3.63, 3.8) is 0 Å². The Morgan fingerprint density at radius 2 is 1.53 bits per heavy atom. The molecule has 4 rings (SSSR count). The highest BCUT2D eigenvalue weighted by atomic mass is 35.5. The third-order valence-electron chi connectivity index (χ3n) is 5.42. The van der Waals surface area contributed by atoms with Crippen molar-refractivity contribution in [1.29, 1.82) is 0 Å². The number of rotatable bonds is 7. The van der Waals surface area contributed by atoms with Crippen LogP contribution in [0.3, 0.4) is 0 Å². The fourth-order valence-corrected chi connectivity index (χ4v) is 4.73. The molecule has 1 N–H and O–H groups in total. The highest BCUT2D eigenvalue weighted by Gasteiger charge is 2.22. The number of carbonyl (C=O) groups is 1. The van der Waals surface area contributed by atoms with Crippen LogP contribution >= 0.6 is 11.6 Å². The molecule has 3 aromatic rings. The minimum Gasteiger partial charge on any atom is -0.484 e. The van der Waals surface area contributed by atoms with E-state index in [2.05, 4.69) is 9.62 Å². The largest absolute Gasteiger partial charge is 0.484 e. The average Bonchev–Trinajstić information content (AvgIpc) is 2.85. The van der Waals surface area contributed by atoms with Crippen LogP contribution in [0.2, 0.25) is 5.02 Å².